The van der Waals surface area contributed by atoms with Crippen LogP contribution in [0.2, 0.25) is 0 Å². The molecule has 25 heavy (non-hydrogen) atoms. The average molecular weight is 454 g/mol. The molecule has 2 heterocycles. The van der Waals surface area contributed by atoms with Crippen LogP contribution in [0, 0.1) is 22.0 Å². The number of rotatable bonds is 5. The molecule has 5 rings (SSSR count). The van der Waals surface area contributed by atoms with Crippen LogP contribution >= 0.6 is 22.6 Å². The maximum Gasteiger partial charge on any atom is 0.139 e. The second-order valence-electron chi connectivity index (χ2n) is 8.43. The molecule has 0 amide bonds. The first-order chi connectivity index (χ1) is 11.9. The number of aliphatic hydroxyl groups excluding tert-OH is 1. The van der Waals surface area contributed by atoms with Crippen LogP contribution in [0.4, 0.5) is 0 Å². The Morgan fingerprint density at radius 1 is 1.24 bits per heavy atom. The summed E-state index contributed by atoms with van der Waals surface area (Å²) in [6.07, 6.45) is 10.7. The highest BCUT2D eigenvalue weighted by molar-refractivity contribution is 14.1. The molecule has 1 N–H and O–H groups in total. The van der Waals surface area contributed by atoms with E-state index in [0.29, 0.717) is 5.54 Å². The molecule has 4 aliphatic rings. The molecule has 4 fully saturated rings. The van der Waals surface area contributed by atoms with Crippen molar-refractivity contribution < 1.29 is 5.11 Å². The highest BCUT2D eigenvalue weighted by atomic mass is 127. The SMILES string of the molecule is C#CCN1CCN(C23CC(n4cc(I)nc4C(O)C(C)C)(C2)C3)CC1. The van der Waals surface area contributed by atoms with Crippen molar-refractivity contribution in [3.8, 4) is 12.3 Å². The molecule has 1 saturated heterocycles. The summed E-state index contributed by atoms with van der Waals surface area (Å²) in [4.78, 5) is 9.68. The molecule has 0 radical (unpaired) electrons. The lowest BCUT2D eigenvalue weighted by Gasteiger charge is -2.75. The van der Waals surface area contributed by atoms with E-state index in [9.17, 15) is 5.11 Å². The lowest BCUT2D eigenvalue weighted by Crippen LogP contribution is -2.80. The van der Waals surface area contributed by atoms with Crippen LogP contribution in [0.1, 0.15) is 45.0 Å². The fourth-order valence-corrected chi connectivity index (χ4v) is 5.56. The molecule has 0 spiro atoms. The van der Waals surface area contributed by atoms with Crippen molar-refractivity contribution >= 4 is 22.6 Å². The lowest BCUT2D eigenvalue weighted by molar-refractivity contribution is -0.215. The lowest BCUT2D eigenvalue weighted by atomic mass is 9.43. The summed E-state index contributed by atoms with van der Waals surface area (Å²) in [5.74, 6) is 3.79. The van der Waals surface area contributed by atoms with Crippen molar-refractivity contribution in [1.82, 2.24) is 19.4 Å². The van der Waals surface area contributed by atoms with Gasteiger partial charge in [0.05, 0.1) is 12.1 Å². The Morgan fingerprint density at radius 3 is 2.44 bits per heavy atom. The van der Waals surface area contributed by atoms with Gasteiger partial charge >= 0.3 is 0 Å². The first-order valence-electron chi connectivity index (χ1n) is 9.23. The predicted octanol–water partition coefficient (Wildman–Crippen LogP) is 2.06. The van der Waals surface area contributed by atoms with Crippen LogP contribution in [0.3, 0.4) is 0 Å². The van der Waals surface area contributed by atoms with E-state index in [4.69, 9.17) is 6.42 Å². The van der Waals surface area contributed by atoms with Gasteiger partial charge in [0, 0.05) is 37.9 Å². The first-order valence-corrected chi connectivity index (χ1v) is 10.3. The van der Waals surface area contributed by atoms with E-state index in [0.717, 1.165) is 42.2 Å². The number of imidazole rings is 1. The summed E-state index contributed by atoms with van der Waals surface area (Å²) in [5.41, 5.74) is 0.579. The second kappa shape index (κ2) is 6.22. The maximum absolute atomic E-state index is 10.6. The van der Waals surface area contributed by atoms with Gasteiger partial charge < -0.3 is 9.67 Å². The van der Waals surface area contributed by atoms with Crippen LogP contribution in [-0.4, -0.2) is 62.7 Å². The Bertz CT molecular complexity index is 679. The minimum absolute atomic E-state index is 0.183. The molecular formula is C19H27IN4O. The Labute approximate surface area is 163 Å². The van der Waals surface area contributed by atoms with E-state index in [1.807, 2.05) is 0 Å². The molecule has 1 aromatic heterocycles. The summed E-state index contributed by atoms with van der Waals surface area (Å²) in [6.45, 7) is 9.29. The van der Waals surface area contributed by atoms with Gasteiger partial charge in [-0.05, 0) is 47.8 Å². The summed E-state index contributed by atoms with van der Waals surface area (Å²) in [5, 5.41) is 10.6. The van der Waals surface area contributed by atoms with Gasteiger partial charge in [-0.15, -0.1) is 6.42 Å². The van der Waals surface area contributed by atoms with Crippen LogP contribution in [0.15, 0.2) is 6.20 Å². The first kappa shape index (κ1) is 17.8. The van der Waals surface area contributed by atoms with E-state index >= 15 is 0 Å². The summed E-state index contributed by atoms with van der Waals surface area (Å²) in [6, 6.07) is 0. The fraction of sp³-hybridized carbons (Fsp3) is 0.737. The quantitative estimate of drug-likeness (QED) is 0.547. The molecule has 5 nitrogen and oxygen atoms in total. The van der Waals surface area contributed by atoms with E-state index in [2.05, 4.69) is 67.9 Å². The maximum atomic E-state index is 10.6. The van der Waals surface area contributed by atoms with Crippen LogP contribution < -0.4 is 0 Å². The van der Waals surface area contributed by atoms with Gasteiger partial charge in [-0.2, -0.15) is 0 Å². The number of aliphatic hydroxyl groups is 1. The minimum atomic E-state index is -0.485. The molecule has 1 aliphatic heterocycles. The van der Waals surface area contributed by atoms with Gasteiger partial charge in [-0.3, -0.25) is 9.80 Å². The zero-order valence-electron chi connectivity index (χ0n) is 15.1. The smallest absolute Gasteiger partial charge is 0.139 e. The molecule has 3 aliphatic carbocycles. The van der Waals surface area contributed by atoms with E-state index in [-0.39, 0.29) is 11.5 Å². The number of halogens is 1. The number of terminal acetylenes is 1. The number of nitrogens with zero attached hydrogens (tertiary/aromatic N) is 4. The fourth-order valence-electron chi connectivity index (χ4n) is 5.03. The minimum Gasteiger partial charge on any atom is -0.385 e. The highest BCUT2D eigenvalue weighted by Crippen LogP contribution is 2.68. The molecule has 6 heteroatoms. The number of hydrogen-bond donors (Lipinski definition) is 1. The van der Waals surface area contributed by atoms with E-state index < -0.39 is 6.10 Å². The van der Waals surface area contributed by atoms with Crippen molar-refractivity contribution in [3.63, 3.8) is 0 Å². The Balaban J connectivity index is 1.44. The summed E-state index contributed by atoms with van der Waals surface area (Å²) < 4.78 is 3.28. The van der Waals surface area contributed by atoms with Gasteiger partial charge in [0.1, 0.15) is 15.6 Å². The van der Waals surface area contributed by atoms with E-state index in [1.165, 1.54) is 19.3 Å². The van der Waals surface area contributed by atoms with Crippen molar-refractivity contribution in [1.29, 1.82) is 0 Å². The standard InChI is InChI=1S/C19H27IN4O/c1-4-5-22-6-8-23(9-7-22)18-11-19(12-18,13-18)24-10-15(20)21-17(24)16(25)14(2)3/h1,10,14,16,25H,5-9,11-13H2,2-3H3. The third kappa shape index (κ3) is 2.75. The van der Waals surface area contributed by atoms with Gasteiger partial charge in [0.2, 0.25) is 0 Å². The molecule has 1 unspecified atom stereocenters. The zero-order chi connectivity index (χ0) is 17.8. The van der Waals surface area contributed by atoms with Crippen LogP contribution in [0.25, 0.3) is 0 Å². The zero-order valence-corrected chi connectivity index (χ0v) is 17.2. The molecule has 1 atom stereocenters. The number of aromatic nitrogens is 2. The summed E-state index contributed by atoms with van der Waals surface area (Å²) in [7, 11) is 0. The highest BCUT2D eigenvalue weighted by Gasteiger charge is 2.71. The van der Waals surface area contributed by atoms with Gasteiger partial charge in [-0.25, -0.2) is 4.98 Å². The normalized spacial score (nSPS) is 33.6. The van der Waals surface area contributed by atoms with Crippen molar-refractivity contribution in [2.24, 2.45) is 5.92 Å². The molecule has 136 valence electrons. The van der Waals surface area contributed by atoms with Gasteiger partial charge in [0.15, 0.2) is 0 Å². The van der Waals surface area contributed by atoms with Gasteiger partial charge in [0.25, 0.3) is 0 Å². The van der Waals surface area contributed by atoms with Crippen LogP contribution in [0.5, 0.6) is 0 Å². The molecule has 0 aromatic carbocycles. The Morgan fingerprint density at radius 2 is 1.88 bits per heavy atom. The van der Waals surface area contributed by atoms with E-state index in [1.54, 1.807) is 0 Å². The topological polar surface area (TPSA) is 44.5 Å². The number of hydrogen-bond acceptors (Lipinski definition) is 4. The monoisotopic (exact) mass is 454 g/mol. The van der Waals surface area contributed by atoms with Crippen molar-refractivity contribution in [2.45, 2.75) is 50.3 Å². The third-order valence-electron chi connectivity index (χ3n) is 6.44. The Hall–Kier alpha value is -0.620. The molecule has 1 aromatic rings. The molecular weight excluding hydrogens is 427 g/mol. The predicted molar refractivity (Wildman–Crippen MR) is 106 cm³/mol. The number of piperazine rings is 1. The van der Waals surface area contributed by atoms with Crippen LogP contribution in [-0.2, 0) is 5.54 Å². The van der Waals surface area contributed by atoms with Crippen molar-refractivity contribution in [3.05, 3.63) is 15.7 Å². The molecule has 2 bridgehead atoms. The average Bonchev–Trinajstić information content (AvgIpc) is 2.87. The second-order valence-corrected chi connectivity index (χ2v) is 9.53. The summed E-state index contributed by atoms with van der Waals surface area (Å²) >= 11 is 2.26. The van der Waals surface area contributed by atoms with Gasteiger partial charge in [-0.1, -0.05) is 19.8 Å². The van der Waals surface area contributed by atoms with Crippen molar-refractivity contribution in [2.75, 3.05) is 32.7 Å². The third-order valence-corrected chi connectivity index (χ3v) is 6.96. The Kier molecular flexibility index (Phi) is 4.42. The molecule has 3 saturated carbocycles. The largest absolute Gasteiger partial charge is 0.385 e.